The lowest BCUT2D eigenvalue weighted by atomic mass is 10.3. The van der Waals surface area contributed by atoms with E-state index in [-0.39, 0.29) is 10.6 Å². The van der Waals surface area contributed by atoms with Crippen LogP contribution in [-0.4, -0.2) is 14.8 Å². The Morgan fingerprint density at radius 2 is 1.68 bits per heavy atom. The second-order valence-corrected chi connectivity index (χ2v) is 6.73. The molecule has 0 atom stereocenters. The zero-order chi connectivity index (χ0) is 16.4. The Morgan fingerprint density at radius 1 is 1.05 bits per heavy atom. The fraction of sp³-hybridized carbons (Fsp3) is 0.0769. The van der Waals surface area contributed by atoms with E-state index in [0.29, 0.717) is 4.47 Å². The highest BCUT2D eigenvalue weighted by atomic mass is 79.9. The summed E-state index contributed by atoms with van der Waals surface area (Å²) in [4.78, 5) is -0.0159. The van der Waals surface area contributed by atoms with Crippen molar-refractivity contribution >= 4 is 31.6 Å². The normalized spacial score (nSPS) is 12.0. The predicted octanol–water partition coefficient (Wildman–Crippen LogP) is 4.15. The Labute approximate surface area is 133 Å². The van der Waals surface area contributed by atoms with E-state index in [0.717, 1.165) is 12.1 Å². The minimum Gasteiger partial charge on any atom is -0.406 e. The molecular formula is C13H9BrF3NO3S. The maximum Gasteiger partial charge on any atom is 0.573 e. The molecular weight excluding hydrogens is 387 g/mol. The molecule has 0 radical (unpaired) electrons. The molecule has 0 fully saturated rings. The second-order valence-electron chi connectivity index (χ2n) is 4.14. The Balaban J connectivity index is 2.23. The van der Waals surface area contributed by atoms with Crippen LogP contribution in [0, 0.1) is 0 Å². The van der Waals surface area contributed by atoms with Crippen molar-refractivity contribution in [1.29, 1.82) is 0 Å². The molecule has 2 aromatic carbocycles. The lowest BCUT2D eigenvalue weighted by molar-refractivity contribution is -0.274. The number of ether oxygens (including phenoxy) is 1. The van der Waals surface area contributed by atoms with Gasteiger partial charge < -0.3 is 4.74 Å². The van der Waals surface area contributed by atoms with Crippen molar-refractivity contribution in [2.75, 3.05) is 4.72 Å². The van der Waals surface area contributed by atoms with Crippen molar-refractivity contribution in [3.8, 4) is 5.75 Å². The van der Waals surface area contributed by atoms with Crippen LogP contribution in [-0.2, 0) is 10.0 Å². The van der Waals surface area contributed by atoms with E-state index in [4.69, 9.17) is 0 Å². The number of rotatable bonds is 4. The van der Waals surface area contributed by atoms with Gasteiger partial charge in [-0.3, -0.25) is 4.72 Å². The largest absolute Gasteiger partial charge is 0.573 e. The molecule has 0 aliphatic heterocycles. The zero-order valence-electron chi connectivity index (χ0n) is 10.8. The summed E-state index contributed by atoms with van der Waals surface area (Å²) in [6.07, 6.45) is -4.84. The quantitative estimate of drug-likeness (QED) is 0.845. The summed E-state index contributed by atoms with van der Waals surface area (Å²) < 4.78 is 67.3. The van der Waals surface area contributed by atoms with Crippen molar-refractivity contribution < 1.29 is 26.3 Å². The third kappa shape index (κ3) is 4.63. The van der Waals surface area contributed by atoms with Crippen LogP contribution in [0.1, 0.15) is 0 Å². The standard InChI is InChI=1S/C13H9BrF3NO3S/c14-9-4-6-12(7-5-9)22(19,20)18-10-2-1-3-11(8-10)21-13(15,16)17/h1-8,18H. The third-order valence-electron chi connectivity index (χ3n) is 2.44. The molecule has 0 unspecified atom stereocenters. The molecule has 0 heterocycles. The van der Waals surface area contributed by atoms with Gasteiger partial charge in [-0.1, -0.05) is 22.0 Å². The number of alkyl halides is 3. The summed E-state index contributed by atoms with van der Waals surface area (Å²) in [5.41, 5.74) is -0.0373. The van der Waals surface area contributed by atoms with E-state index in [1.54, 1.807) is 0 Å². The van der Waals surface area contributed by atoms with Gasteiger partial charge in [0.25, 0.3) is 10.0 Å². The molecule has 2 rings (SSSR count). The van der Waals surface area contributed by atoms with Crippen molar-refractivity contribution in [3.05, 3.63) is 53.0 Å². The van der Waals surface area contributed by atoms with Crippen molar-refractivity contribution in [3.63, 3.8) is 0 Å². The minimum absolute atomic E-state index is 0.0159. The van der Waals surface area contributed by atoms with Crippen LogP contribution in [0.2, 0.25) is 0 Å². The van der Waals surface area contributed by atoms with E-state index in [2.05, 4.69) is 25.4 Å². The number of halogens is 4. The molecule has 1 N–H and O–H groups in total. The van der Waals surface area contributed by atoms with Gasteiger partial charge in [0.15, 0.2) is 0 Å². The van der Waals surface area contributed by atoms with Gasteiger partial charge in [0.2, 0.25) is 0 Å². The van der Waals surface area contributed by atoms with Crippen LogP contribution in [0.5, 0.6) is 5.75 Å². The zero-order valence-corrected chi connectivity index (χ0v) is 13.2. The third-order valence-corrected chi connectivity index (χ3v) is 4.37. The molecule has 0 aliphatic rings. The fourth-order valence-electron chi connectivity index (χ4n) is 1.58. The van der Waals surface area contributed by atoms with Gasteiger partial charge in [-0.05, 0) is 36.4 Å². The smallest absolute Gasteiger partial charge is 0.406 e. The van der Waals surface area contributed by atoms with E-state index in [1.807, 2.05) is 0 Å². The maximum absolute atomic E-state index is 12.1. The summed E-state index contributed by atoms with van der Waals surface area (Å²) in [6, 6.07) is 10.4. The molecule has 118 valence electrons. The van der Waals surface area contributed by atoms with Crippen LogP contribution in [0.25, 0.3) is 0 Å². The Bertz CT molecular complexity index is 761. The van der Waals surface area contributed by atoms with E-state index >= 15 is 0 Å². The molecule has 22 heavy (non-hydrogen) atoms. The van der Waals surface area contributed by atoms with Crippen LogP contribution >= 0.6 is 15.9 Å². The first-order valence-electron chi connectivity index (χ1n) is 5.80. The average molecular weight is 396 g/mol. The lowest BCUT2D eigenvalue weighted by Gasteiger charge is -2.11. The molecule has 0 spiro atoms. The predicted molar refractivity (Wildman–Crippen MR) is 78.1 cm³/mol. The van der Waals surface area contributed by atoms with Gasteiger partial charge in [0.1, 0.15) is 5.75 Å². The molecule has 9 heteroatoms. The Hall–Kier alpha value is -1.74. The molecule has 0 saturated carbocycles. The number of anilines is 1. The van der Waals surface area contributed by atoms with Crippen LogP contribution in [0.15, 0.2) is 57.9 Å². The molecule has 0 aliphatic carbocycles. The average Bonchev–Trinajstić information content (AvgIpc) is 2.37. The van der Waals surface area contributed by atoms with Crippen LogP contribution in [0.3, 0.4) is 0 Å². The van der Waals surface area contributed by atoms with Crippen LogP contribution in [0.4, 0.5) is 18.9 Å². The number of hydrogen-bond acceptors (Lipinski definition) is 3. The number of benzene rings is 2. The Kier molecular flexibility index (Phi) is 4.66. The summed E-state index contributed by atoms with van der Waals surface area (Å²) in [7, 11) is -3.90. The van der Waals surface area contributed by atoms with Crippen molar-refractivity contribution in [2.24, 2.45) is 0 Å². The lowest BCUT2D eigenvalue weighted by Crippen LogP contribution is -2.17. The van der Waals surface area contributed by atoms with Gasteiger partial charge in [-0.2, -0.15) is 0 Å². The molecule has 4 nitrogen and oxygen atoms in total. The highest BCUT2D eigenvalue weighted by molar-refractivity contribution is 9.10. The first-order chi connectivity index (χ1) is 10.2. The summed E-state index contributed by atoms with van der Waals surface area (Å²) in [6.45, 7) is 0. The molecule has 2 aromatic rings. The summed E-state index contributed by atoms with van der Waals surface area (Å²) >= 11 is 3.18. The monoisotopic (exact) mass is 395 g/mol. The molecule has 0 amide bonds. The number of sulfonamides is 1. The van der Waals surface area contributed by atoms with Gasteiger partial charge in [-0.25, -0.2) is 8.42 Å². The topological polar surface area (TPSA) is 55.4 Å². The molecule has 0 bridgehead atoms. The van der Waals surface area contributed by atoms with E-state index in [9.17, 15) is 21.6 Å². The van der Waals surface area contributed by atoms with Crippen molar-refractivity contribution in [2.45, 2.75) is 11.3 Å². The van der Waals surface area contributed by atoms with Gasteiger partial charge in [-0.15, -0.1) is 13.2 Å². The highest BCUT2D eigenvalue weighted by Crippen LogP contribution is 2.26. The number of nitrogens with one attached hydrogen (secondary N) is 1. The molecule has 0 aromatic heterocycles. The minimum atomic E-state index is -4.84. The molecule has 0 saturated heterocycles. The highest BCUT2D eigenvalue weighted by Gasteiger charge is 2.31. The van der Waals surface area contributed by atoms with E-state index < -0.39 is 22.1 Å². The maximum atomic E-state index is 12.1. The van der Waals surface area contributed by atoms with Crippen molar-refractivity contribution in [1.82, 2.24) is 0 Å². The first kappa shape index (κ1) is 16.6. The van der Waals surface area contributed by atoms with Gasteiger partial charge in [0, 0.05) is 10.5 Å². The number of hydrogen-bond donors (Lipinski definition) is 1. The summed E-state index contributed by atoms with van der Waals surface area (Å²) in [5.74, 6) is -0.511. The summed E-state index contributed by atoms with van der Waals surface area (Å²) in [5, 5.41) is 0. The van der Waals surface area contributed by atoms with Gasteiger partial charge in [0.05, 0.1) is 10.6 Å². The fourth-order valence-corrected chi connectivity index (χ4v) is 2.90. The SMILES string of the molecule is O=S(=O)(Nc1cccc(OC(F)(F)F)c1)c1ccc(Br)cc1. The van der Waals surface area contributed by atoms with E-state index in [1.165, 1.54) is 36.4 Å². The van der Waals surface area contributed by atoms with Gasteiger partial charge >= 0.3 is 6.36 Å². The first-order valence-corrected chi connectivity index (χ1v) is 8.07. The second kappa shape index (κ2) is 6.17. The Morgan fingerprint density at radius 3 is 2.27 bits per heavy atom. The van der Waals surface area contributed by atoms with Crippen LogP contribution < -0.4 is 9.46 Å².